The van der Waals surface area contributed by atoms with Crippen molar-refractivity contribution in [2.75, 3.05) is 18.4 Å². The summed E-state index contributed by atoms with van der Waals surface area (Å²) >= 11 is 0. The van der Waals surface area contributed by atoms with E-state index in [1.165, 1.54) is 0 Å². The molecule has 0 aliphatic heterocycles. The fraction of sp³-hybridized carbons (Fsp3) is 0.308. The zero-order chi connectivity index (χ0) is 12.8. The highest BCUT2D eigenvalue weighted by atomic mass is 16.1. The van der Waals surface area contributed by atoms with Gasteiger partial charge in [0, 0.05) is 6.54 Å². The van der Waals surface area contributed by atoms with Gasteiger partial charge in [-0.15, -0.1) is 0 Å². The predicted molar refractivity (Wildman–Crippen MR) is 71.3 cm³/mol. The Labute approximate surface area is 106 Å². The van der Waals surface area contributed by atoms with Gasteiger partial charge in [-0.1, -0.05) is 19.1 Å². The number of carbonyl (C=O) groups excluding carboxylic acids is 1. The first-order chi connectivity index (χ1) is 8.79. The van der Waals surface area contributed by atoms with Crippen molar-refractivity contribution in [2.24, 2.45) is 0 Å². The third-order valence-electron chi connectivity index (χ3n) is 2.45. The van der Waals surface area contributed by atoms with Crippen LogP contribution in [0.3, 0.4) is 0 Å². The number of nitrogens with one attached hydrogen (secondary N) is 2. The van der Waals surface area contributed by atoms with Gasteiger partial charge in [0.1, 0.15) is 5.82 Å². The lowest BCUT2D eigenvalue weighted by Gasteiger charge is -2.06. The van der Waals surface area contributed by atoms with E-state index in [1.54, 1.807) is 6.20 Å². The van der Waals surface area contributed by atoms with Crippen LogP contribution in [0.2, 0.25) is 0 Å². The number of nitrogens with zero attached hydrogens (tertiary/aromatic N) is 2. The quantitative estimate of drug-likeness (QED) is 0.837. The van der Waals surface area contributed by atoms with E-state index in [0.29, 0.717) is 12.4 Å². The summed E-state index contributed by atoms with van der Waals surface area (Å²) in [4.78, 5) is 20.1. The standard InChI is InChI=1S/C13H16N4O/c1-2-7-14-13(18)9-16-12-8-15-10-5-3-4-6-11(10)17-12/h3-6,8H,2,7,9H2,1H3,(H,14,18)(H,16,17). The van der Waals surface area contributed by atoms with Crippen LogP contribution in [-0.4, -0.2) is 29.0 Å². The van der Waals surface area contributed by atoms with Crippen LogP contribution in [0.25, 0.3) is 11.0 Å². The van der Waals surface area contributed by atoms with E-state index >= 15 is 0 Å². The third kappa shape index (κ3) is 3.16. The molecular formula is C13H16N4O. The summed E-state index contributed by atoms with van der Waals surface area (Å²) in [6.07, 6.45) is 2.57. The number of benzene rings is 1. The summed E-state index contributed by atoms with van der Waals surface area (Å²) in [5.74, 6) is 0.576. The van der Waals surface area contributed by atoms with Crippen LogP contribution >= 0.6 is 0 Å². The van der Waals surface area contributed by atoms with Crippen LogP contribution in [0, 0.1) is 0 Å². The zero-order valence-corrected chi connectivity index (χ0v) is 10.3. The zero-order valence-electron chi connectivity index (χ0n) is 10.3. The molecule has 2 N–H and O–H groups in total. The average Bonchev–Trinajstić information content (AvgIpc) is 2.42. The summed E-state index contributed by atoms with van der Waals surface area (Å²) in [6.45, 7) is 2.93. The number of aromatic nitrogens is 2. The Morgan fingerprint density at radius 1 is 1.28 bits per heavy atom. The second kappa shape index (κ2) is 5.95. The highest BCUT2D eigenvalue weighted by Gasteiger charge is 2.02. The SMILES string of the molecule is CCCNC(=O)CNc1cnc2ccccc2n1. The van der Waals surface area contributed by atoms with Crippen molar-refractivity contribution >= 4 is 22.8 Å². The van der Waals surface area contributed by atoms with E-state index in [4.69, 9.17) is 0 Å². The normalized spacial score (nSPS) is 10.3. The van der Waals surface area contributed by atoms with Crippen LogP contribution in [0.5, 0.6) is 0 Å². The number of hydrogen-bond acceptors (Lipinski definition) is 4. The molecule has 1 heterocycles. The van der Waals surface area contributed by atoms with Gasteiger partial charge in [-0.05, 0) is 18.6 Å². The lowest BCUT2D eigenvalue weighted by molar-refractivity contribution is -0.119. The van der Waals surface area contributed by atoms with Gasteiger partial charge in [0.2, 0.25) is 5.91 Å². The minimum atomic E-state index is -0.0354. The van der Waals surface area contributed by atoms with Gasteiger partial charge in [-0.25, -0.2) is 4.98 Å². The fourth-order valence-corrected chi connectivity index (χ4v) is 1.54. The van der Waals surface area contributed by atoms with Crippen LogP contribution < -0.4 is 10.6 Å². The van der Waals surface area contributed by atoms with Crippen molar-refractivity contribution in [1.82, 2.24) is 15.3 Å². The van der Waals surface area contributed by atoms with E-state index in [-0.39, 0.29) is 12.5 Å². The number of anilines is 1. The monoisotopic (exact) mass is 244 g/mol. The number of para-hydroxylation sites is 2. The Kier molecular flexibility index (Phi) is 4.06. The van der Waals surface area contributed by atoms with E-state index in [1.807, 2.05) is 31.2 Å². The minimum Gasteiger partial charge on any atom is -0.360 e. The molecule has 0 radical (unpaired) electrons. The first-order valence-electron chi connectivity index (χ1n) is 6.02. The number of amides is 1. The van der Waals surface area contributed by atoms with Gasteiger partial charge in [0.25, 0.3) is 0 Å². The molecule has 0 unspecified atom stereocenters. The average molecular weight is 244 g/mol. The van der Waals surface area contributed by atoms with Gasteiger partial charge >= 0.3 is 0 Å². The number of carbonyl (C=O) groups is 1. The molecule has 0 saturated heterocycles. The van der Waals surface area contributed by atoms with Crippen molar-refractivity contribution < 1.29 is 4.79 Å². The molecule has 0 bridgehead atoms. The molecule has 0 saturated carbocycles. The number of hydrogen-bond donors (Lipinski definition) is 2. The van der Waals surface area contributed by atoms with Crippen molar-refractivity contribution in [3.63, 3.8) is 0 Å². The maximum absolute atomic E-state index is 11.4. The van der Waals surface area contributed by atoms with E-state index in [0.717, 1.165) is 17.5 Å². The van der Waals surface area contributed by atoms with Crippen LogP contribution in [-0.2, 0) is 4.79 Å². The lowest BCUT2D eigenvalue weighted by atomic mass is 10.3. The molecule has 0 spiro atoms. The Morgan fingerprint density at radius 3 is 2.83 bits per heavy atom. The number of rotatable bonds is 5. The molecular weight excluding hydrogens is 228 g/mol. The summed E-state index contributed by atoms with van der Waals surface area (Å²) in [6, 6.07) is 7.63. The first-order valence-corrected chi connectivity index (χ1v) is 6.02. The Morgan fingerprint density at radius 2 is 2.06 bits per heavy atom. The summed E-state index contributed by atoms with van der Waals surface area (Å²) in [7, 11) is 0. The van der Waals surface area contributed by atoms with Crippen LogP contribution in [0.1, 0.15) is 13.3 Å². The van der Waals surface area contributed by atoms with E-state index in [9.17, 15) is 4.79 Å². The van der Waals surface area contributed by atoms with Crippen molar-refractivity contribution in [3.05, 3.63) is 30.5 Å². The molecule has 94 valence electrons. The highest BCUT2D eigenvalue weighted by molar-refractivity contribution is 5.81. The van der Waals surface area contributed by atoms with Gasteiger partial charge in [-0.2, -0.15) is 0 Å². The second-order valence-electron chi connectivity index (χ2n) is 3.95. The molecule has 2 aromatic rings. The predicted octanol–water partition coefficient (Wildman–Crippen LogP) is 1.57. The van der Waals surface area contributed by atoms with E-state index in [2.05, 4.69) is 20.6 Å². The van der Waals surface area contributed by atoms with Gasteiger partial charge < -0.3 is 10.6 Å². The smallest absolute Gasteiger partial charge is 0.239 e. The van der Waals surface area contributed by atoms with Gasteiger partial charge in [0.15, 0.2) is 0 Å². The molecule has 0 fully saturated rings. The van der Waals surface area contributed by atoms with Crippen molar-refractivity contribution in [2.45, 2.75) is 13.3 Å². The molecule has 0 aliphatic rings. The van der Waals surface area contributed by atoms with Crippen molar-refractivity contribution in [1.29, 1.82) is 0 Å². The molecule has 0 aliphatic carbocycles. The maximum Gasteiger partial charge on any atom is 0.239 e. The fourth-order valence-electron chi connectivity index (χ4n) is 1.54. The molecule has 0 atom stereocenters. The lowest BCUT2D eigenvalue weighted by Crippen LogP contribution is -2.30. The maximum atomic E-state index is 11.4. The van der Waals surface area contributed by atoms with Crippen LogP contribution in [0.15, 0.2) is 30.5 Å². The largest absolute Gasteiger partial charge is 0.360 e. The third-order valence-corrected chi connectivity index (χ3v) is 2.45. The number of fused-ring (bicyclic) bond motifs is 1. The Balaban J connectivity index is 1.97. The molecule has 5 heteroatoms. The summed E-state index contributed by atoms with van der Waals surface area (Å²) in [5, 5.41) is 5.75. The van der Waals surface area contributed by atoms with Gasteiger partial charge in [0.05, 0.1) is 23.8 Å². The summed E-state index contributed by atoms with van der Waals surface area (Å²) < 4.78 is 0. The molecule has 5 nitrogen and oxygen atoms in total. The van der Waals surface area contributed by atoms with Crippen molar-refractivity contribution in [3.8, 4) is 0 Å². The molecule has 1 aromatic heterocycles. The first kappa shape index (κ1) is 12.3. The van der Waals surface area contributed by atoms with Crippen LogP contribution in [0.4, 0.5) is 5.82 Å². The molecule has 18 heavy (non-hydrogen) atoms. The second-order valence-corrected chi connectivity index (χ2v) is 3.95. The minimum absolute atomic E-state index is 0.0354. The Bertz CT molecular complexity index is 541. The van der Waals surface area contributed by atoms with E-state index < -0.39 is 0 Å². The molecule has 1 aromatic carbocycles. The molecule has 2 rings (SSSR count). The van der Waals surface area contributed by atoms with Gasteiger partial charge in [-0.3, -0.25) is 9.78 Å². The molecule has 1 amide bonds. The highest BCUT2D eigenvalue weighted by Crippen LogP contribution is 2.10. The summed E-state index contributed by atoms with van der Waals surface area (Å²) in [5.41, 5.74) is 1.66. The topological polar surface area (TPSA) is 66.9 Å². The Hall–Kier alpha value is -2.17.